The van der Waals surface area contributed by atoms with Gasteiger partial charge in [0.1, 0.15) is 0 Å². The van der Waals surface area contributed by atoms with Gasteiger partial charge in [-0.3, -0.25) is 4.79 Å². The third-order valence-electron chi connectivity index (χ3n) is 3.47. The summed E-state index contributed by atoms with van der Waals surface area (Å²) < 4.78 is 28.9. The van der Waals surface area contributed by atoms with E-state index in [9.17, 15) is 13.2 Å². The molecule has 0 spiro atoms. The van der Waals surface area contributed by atoms with Gasteiger partial charge in [-0.05, 0) is 38.0 Å². The van der Waals surface area contributed by atoms with E-state index in [2.05, 4.69) is 21.2 Å². The molecule has 1 aromatic carbocycles. The van der Waals surface area contributed by atoms with Gasteiger partial charge in [-0.1, -0.05) is 15.9 Å². The van der Waals surface area contributed by atoms with Crippen molar-refractivity contribution in [2.24, 2.45) is 0 Å². The van der Waals surface area contributed by atoms with Gasteiger partial charge >= 0.3 is 0 Å². The molecule has 0 aromatic heterocycles. The lowest BCUT2D eigenvalue weighted by Gasteiger charge is -2.24. The molecule has 0 aliphatic carbocycles. The molecule has 116 valence electrons. The van der Waals surface area contributed by atoms with E-state index >= 15 is 0 Å². The van der Waals surface area contributed by atoms with Crippen LogP contribution in [0.15, 0.2) is 21.5 Å². The first-order valence-electron chi connectivity index (χ1n) is 6.27. The first kappa shape index (κ1) is 16.7. The van der Waals surface area contributed by atoms with Gasteiger partial charge in [0.15, 0.2) is 0 Å². The maximum absolute atomic E-state index is 12.4. The summed E-state index contributed by atoms with van der Waals surface area (Å²) in [6, 6.07) is 2.96. The fraction of sp³-hybridized carbons (Fsp3) is 0.462. The maximum Gasteiger partial charge on any atom is 0.261 e. The summed E-state index contributed by atoms with van der Waals surface area (Å²) in [6.07, 6.45) is 0.715. The van der Waals surface area contributed by atoms with E-state index in [1.165, 1.54) is 6.07 Å². The van der Waals surface area contributed by atoms with Gasteiger partial charge in [0.2, 0.25) is 0 Å². The molecule has 0 saturated carbocycles. The Morgan fingerprint density at radius 1 is 1.48 bits per heavy atom. The van der Waals surface area contributed by atoms with E-state index in [1.54, 1.807) is 13.0 Å². The zero-order valence-electron chi connectivity index (χ0n) is 11.6. The average Bonchev–Trinajstić information content (AvgIpc) is 2.76. The van der Waals surface area contributed by atoms with E-state index in [0.29, 0.717) is 29.7 Å². The number of amides is 1. The average molecular weight is 397 g/mol. The van der Waals surface area contributed by atoms with Crippen molar-refractivity contribution in [1.29, 1.82) is 0 Å². The van der Waals surface area contributed by atoms with E-state index in [-0.39, 0.29) is 16.4 Å². The molecule has 1 N–H and O–H groups in total. The number of carbonyl (C=O) groups excluding carboxylic acids is 1. The Balaban J connectivity index is 2.40. The second-order valence-electron chi connectivity index (χ2n) is 5.33. The van der Waals surface area contributed by atoms with Crippen LogP contribution in [0.25, 0.3) is 0 Å². The number of benzene rings is 1. The Morgan fingerprint density at radius 2 is 2.14 bits per heavy atom. The lowest BCUT2D eigenvalue weighted by molar-refractivity contribution is 0.0889. The van der Waals surface area contributed by atoms with Crippen LogP contribution < -0.4 is 5.32 Å². The van der Waals surface area contributed by atoms with Gasteiger partial charge in [-0.2, -0.15) is 0 Å². The van der Waals surface area contributed by atoms with Crippen LogP contribution in [0.3, 0.4) is 0 Å². The molecule has 1 aromatic rings. The SMILES string of the molecule is Cc1c(C(=O)NC2(C)CCOC2)cc(Br)cc1S(=O)(=O)Cl. The molecule has 0 radical (unpaired) electrons. The molecular weight excluding hydrogens is 382 g/mol. The highest BCUT2D eigenvalue weighted by atomic mass is 79.9. The highest BCUT2D eigenvalue weighted by Gasteiger charge is 2.32. The second kappa shape index (κ2) is 5.87. The minimum atomic E-state index is -3.92. The molecule has 1 atom stereocenters. The van der Waals surface area contributed by atoms with Gasteiger partial charge in [-0.15, -0.1) is 0 Å². The molecule has 1 heterocycles. The van der Waals surface area contributed by atoms with Crippen LogP contribution >= 0.6 is 26.6 Å². The molecule has 1 unspecified atom stereocenters. The zero-order valence-corrected chi connectivity index (χ0v) is 14.7. The van der Waals surface area contributed by atoms with Crippen molar-refractivity contribution in [3.05, 3.63) is 27.7 Å². The van der Waals surface area contributed by atoms with Gasteiger partial charge < -0.3 is 10.1 Å². The predicted molar refractivity (Wildman–Crippen MR) is 83.2 cm³/mol. The highest BCUT2D eigenvalue weighted by Crippen LogP contribution is 2.28. The van der Waals surface area contributed by atoms with Crippen molar-refractivity contribution in [1.82, 2.24) is 5.32 Å². The molecule has 5 nitrogen and oxygen atoms in total. The number of hydrogen-bond acceptors (Lipinski definition) is 4. The van der Waals surface area contributed by atoms with Gasteiger partial charge in [-0.25, -0.2) is 8.42 Å². The fourth-order valence-corrected chi connectivity index (χ4v) is 4.08. The third kappa shape index (κ3) is 3.77. The van der Waals surface area contributed by atoms with Crippen molar-refractivity contribution in [2.75, 3.05) is 13.2 Å². The van der Waals surface area contributed by atoms with Gasteiger partial charge in [0.05, 0.1) is 17.0 Å². The second-order valence-corrected chi connectivity index (χ2v) is 8.78. The molecule has 1 amide bonds. The Morgan fingerprint density at radius 3 is 2.67 bits per heavy atom. The maximum atomic E-state index is 12.4. The summed E-state index contributed by atoms with van der Waals surface area (Å²) in [5.41, 5.74) is 0.163. The van der Waals surface area contributed by atoms with Crippen LogP contribution in [0.4, 0.5) is 0 Å². The van der Waals surface area contributed by atoms with Gasteiger partial charge in [0.25, 0.3) is 15.0 Å². The summed E-state index contributed by atoms with van der Waals surface area (Å²) >= 11 is 3.21. The van der Waals surface area contributed by atoms with Crippen molar-refractivity contribution >= 4 is 41.6 Å². The molecule has 8 heteroatoms. The molecule has 2 rings (SSSR count). The van der Waals surface area contributed by atoms with E-state index in [1.807, 2.05) is 6.92 Å². The van der Waals surface area contributed by atoms with Crippen LogP contribution in [-0.2, 0) is 13.8 Å². The standard InChI is InChI=1S/C13H15BrClNO4S/c1-8-10(5-9(14)6-11(8)21(15,18)19)12(17)16-13(2)3-4-20-7-13/h5-6H,3-4,7H2,1-2H3,(H,16,17). The molecule has 21 heavy (non-hydrogen) atoms. The number of halogens is 2. The zero-order chi connectivity index (χ0) is 15.8. The third-order valence-corrected chi connectivity index (χ3v) is 5.37. The van der Waals surface area contributed by atoms with Crippen LogP contribution in [0, 0.1) is 6.92 Å². The predicted octanol–water partition coefficient (Wildman–Crippen LogP) is 2.59. The molecule has 1 aliphatic rings. The number of nitrogens with one attached hydrogen (secondary N) is 1. The number of hydrogen-bond donors (Lipinski definition) is 1. The Bertz CT molecular complexity index is 684. The van der Waals surface area contributed by atoms with Crippen LogP contribution in [0.1, 0.15) is 29.3 Å². The number of carbonyl (C=O) groups is 1. The Labute approximate surface area is 136 Å². The van der Waals surface area contributed by atoms with Gasteiger partial charge in [0, 0.05) is 27.3 Å². The van der Waals surface area contributed by atoms with Crippen LogP contribution in [0.2, 0.25) is 0 Å². The Kier molecular flexibility index (Phi) is 4.68. The fourth-order valence-electron chi connectivity index (χ4n) is 2.25. The minimum absolute atomic E-state index is 0.0727. The summed E-state index contributed by atoms with van der Waals surface area (Å²) in [7, 11) is 1.49. The van der Waals surface area contributed by atoms with Crippen LogP contribution in [0.5, 0.6) is 0 Å². The first-order valence-corrected chi connectivity index (χ1v) is 9.38. The Hall–Kier alpha value is -0.630. The van der Waals surface area contributed by atoms with E-state index in [0.717, 1.165) is 0 Å². The lowest BCUT2D eigenvalue weighted by atomic mass is 10.00. The lowest BCUT2D eigenvalue weighted by Crippen LogP contribution is -2.46. The first-order chi connectivity index (χ1) is 9.62. The molecular formula is C13H15BrClNO4S. The summed E-state index contributed by atoms with van der Waals surface area (Å²) in [6.45, 7) is 4.48. The molecule has 1 aliphatic heterocycles. The minimum Gasteiger partial charge on any atom is -0.379 e. The summed E-state index contributed by atoms with van der Waals surface area (Å²) in [5, 5.41) is 2.90. The van der Waals surface area contributed by atoms with Crippen molar-refractivity contribution < 1.29 is 17.9 Å². The summed E-state index contributed by atoms with van der Waals surface area (Å²) in [5.74, 6) is -0.344. The van der Waals surface area contributed by atoms with E-state index in [4.69, 9.17) is 15.4 Å². The molecule has 0 bridgehead atoms. The number of ether oxygens (including phenoxy) is 1. The largest absolute Gasteiger partial charge is 0.379 e. The molecule has 1 saturated heterocycles. The smallest absolute Gasteiger partial charge is 0.261 e. The normalized spacial score (nSPS) is 22.3. The summed E-state index contributed by atoms with van der Waals surface area (Å²) in [4.78, 5) is 12.4. The quantitative estimate of drug-likeness (QED) is 0.797. The van der Waals surface area contributed by atoms with Crippen molar-refractivity contribution in [2.45, 2.75) is 30.7 Å². The van der Waals surface area contributed by atoms with Crippen molar-refractivity contribution in [3.8, 4) is 0 Å². The van der Waals surface area contributed by atoms with E-state index < -0.39 is 14.6 Å². The van der Waals surface area contributed by atoms with Crippen LogP contribution in [-0.4, -0.2) is 33.1 Å². The van der Waals surface area contributed by atoms with Crippen molar-refractivity contribution in [3.63, 3.8) is 0 Å². The molecule has 1 fully saturated rings. The monoisotopic (exact) mass is 395 g/mol. The highest BCUT2D eigenvalue weighted by molar-refractivity contribution is 9.10. The number of rotatable bonds is 3. The topological polar surface area (TPSA) is 72.5 Å².